The monoisotopic (exact) mass is 360 g/mol. The summed E-state index contributed by atoms with van der Waals surface area (Å²) < 4.78 is 14.6. The number of amides is 1. The third-order valence-electron chi connectivity index (χ3n) is 3.61. The summed E-state index contributed by atoms with van der Waals surface area (Å²) in [7, 11) is 0. The normalized spacial score (nSPS) is 16.8. The molecule has 2 N–H and O–H groups in total. The first-order valence-corrected chi connectivity index (χ1v) is 7.04. The number of nitrogens with zero attached hydrogens (tertiary/aromatic N) is 2. The minimum absolute atomic E-state index is 0. The van der Waals surface area contributed by atoms with E-state index in [0.717, 1.165) is 25.9 Å². The second kappa shape index (κ2) is 8.86. The van der Waals surface area contributed by atoms with Gasteiger partial charge in [0, 0.05) is 18.3 Å². The Morgan fingerprint density at radius 1 is 1.30 bits per heavy atom. The molecule has 0 aliphatic carbocycles. The van der Waals surface area contributed by atoms with Gasteiger partial charge in [-0.05, 0) is 43.7 Å². The van der Waals surface area contributed by atoms with Crippen LogP contribution in [0, 0.1) is 5.82 Å². The van der Waals surface area contributed by atoms with E-state index in [1.807, 2.05) is 0 Å². The van der Waals surface area contributed by atoms with E-state index in [0.29, 0.717) is 11.4 Å². The average Bonchev–Trinajstić information content (AvgIpc) is 2.98. The Balaban J connectivity index is 0.00000132. The summed E-state index contributed by atoms with van der Waals surface area (Å²) in [6, 6.07) is 6.11. The summed E-state index contributed by atoms with van der Waals surface area (Å²) in [6.45, 7) is 1.79. The van der Waals surface area contributed by atoms with Crippen molar-refractivity contribution in [3.63, 3.8) is 0 Å². The van der Waals surface area contributed by atoms with Gasteiger partial charge in [0.15, 0.2) is 0 Å². The van der Waals surface area contributed by atoms with Gasteiger partial charge in [0.1, 0.15) is 11.5 Å². The predicted octanol–water partition coefficient (Wildman–Crippen LogP) is 2.34. The van der Waals surface area contributed by atoms with Gasteiger partial charge in [-0.25, -0.2) is 9.37 Å². The molecule has 1 aromatic heterocycles. The number of imidazole rings is 1. The van der Waals surface area contributed by atoms with Crippen LogP contribution in [-0.4, -0.2) is 34.6 Å². The molecule has 8 heteroatoms. The number of nitrogens with one attached hydrogen (secondary N) is 2. The van der Waals surface area contributed by atoms with E-state index in [4.69, 9.17) is 0 Å². The second-order valence-electron chi connectivity index (χ2n) is 5.14. The van der Waals surface area contributed by atoms with Crippen molar-refractivity contribution in [3.05, 3.63) is 48.3 Å². The molecule has 0 saturated carbocycles. The van der Waals surface area contributed by atoms with E-state index < -0.39 is 0 Å². The van der Waals surface area contributed by atoms with Gasteiger partial charge in [0.05, 0.1) is 12.5 Å². The standard InChI is InChI=1S/C15H17FN4O.2ClH/c16-11-3-5-13(6-4-11)20-10-18-9-14(20)15(21)19-12-2-1-7-17-8-12;;/h3-6,9-10,12,17H,1-2,7-8H2,(H,19,21);2*1H. The molecule has 1 fully saturated rings. The Morgan fingerprint density at radius 3 is 2.70 bits per heavy atom. The van der Waals surface area contributed by atoms with Crippen molar-refractivity contribution >= 4 is 30.7 Å². The molecule has 23 heavy (non-hydrogen) atoms. The van der Waals surface area contributed by atoms with Crippen molar-refractivity contribution in [2.45, 2.75) is 18.9 Å². The number of benzene rings is 1. The molecule has 1 amide bonds. The molecule has 1 aliphatic heterocycles. The SMILES string of the molecule is Cl.Cl.O=C(NC1CCCNC1)c1cncn1-c1ccc(F)cc1. The van der Waals surface area contributed by atoms with Crippen molar-refractivity contribution in [3.8, 4) is 5.69 Å². The maximum atomic E-state index is 13.0. The summed E-state index contributed by atoms with van der Waals surface area (Å²) in [4.78, 5) is 16.4. The maximum absolute atomic E-state index is 13.0. The van der Waals surface area contributed by atoms with E-state index in [2.05, 4.69) is 15.6 Å². The second-order valence-corrected chi connectivity index (χ2v) is 5.14. The Morgan fingerprint density at radius 2 is 2.04 bits per heavy atom. The number of carbonyl (C=O) groups is 1. The third-order valence-corrected chi connectivity index (χ3v) is 3.61. The maximum Gasteiger partial charge on any atom is 0.270 e. The van der Waals surface area contributed by atoms with Crippen molar-refractivity contribution < 1.29 is 9.18 Å². The molecule has 0 radical (unpaired) electrons. The fraction of sp³-hybridized carbons (Fsp3) is 0.333. The molecule has 5 nitrogen and oxygen atoms in total. The van der Waals surface area contributed by atoms with Crippen LogP contribution < -0.4 is 10.6 Å². The van der Waals surface area contributed by atoms with E-state index >= 15 is 0 Å². The minimum Gasteiger partial charge on any atom is -0.347 e. The first-order chi connectivity index (χ1) is 10.2. The Labute approximate surface area is 146 Å². The summed E-state index contributed by atoms with van der Waals surface area (Å²) in [5, 5.41) is 6.27. The van der Waals surface area contributed by atoms with Crippen LogP contribution in [0.5, 0.6) is 0 Å². The molecule has 0 spiro atoms. The molecule has 126 valence electrons. The predicted molar refractivity (Wildman–Crippen MR) is 91.4 cm³/mol. The van der Waals surface area contributed by atoms with Crippen LogP contribution in [0.1, 0.15) is 23.3 Å². The number of halogens is 3. The van der Waals surface area contributed by atoms with E-state index in [1.54, 1.807) is 23.0 Å². The van der Waals surface area contributed by atoms with Crippen molar-refractivity contribution in [1.29, 1.82) is 0 Å². The van der Waals surface area contributed by atoms with E-state index in [-0.39, 0.29) is 42.6 Å². The first-order valence-electron chi connectivity index (χ1n) is 7.04. The van der Waals surface area contributed by atoms with Gasteiger partial charge in [-0.15, -0.1) is 24.8 Å². The molecule has 3 rings (SSSR count). The van der Waals surface area contributed by atoms with Gasteiger partial charge in [0.2, 0.25) is 0 Å². The number of hydrogen-bond acceptors (Lipinski definition) is 3. The summed E-state index contributed by atoms with van der Waals surface area (Å²) in [5.74, 6) is -0.469. The van der Waals surface area contributed by atoms with Crippen LogP contribution in [0.25, 0.3) is 5.69 Å². The third kappa shape index (κ3) is 4.67. The highest BCUT2D eigenvalue weighted by Gasteiger charge is 2.19. The topological polar surface area (TPSA) is 59.0 Å². The zero-order chi connectivity index (χ0) is 14.7. The number of piperidine rings is 1. The molecule has 1 atom stereocenters. The highest BCUT2D eigenvalue weighted by molar-refractivity contribution is 5.93. The summed E-state index contributed by atoms with van der Waals surface area (Å²) in [5.41, 5.74) is 1.16. The van der Waals surface area contributed by atoms with Gasteiger partial charge in [0.25, 0.3) is 5.91 Å². The minimum atomic E-state index is -0.307. The van der Waals surface area contributed by atoms with Crippen molar-refractivity contribution in [2.75, 3.05) is 13.1 Å². The fourth-order valence-corrected chi connectivity index (χ4v) is 2.50. The van der Waals surface area contributed by atoms with Crippen LogP contribution in [0.15, 0.2) is 36.8 Å². The quantitative estimate of drug-likeness (QED) is 0.882. The lowest BCUT2D eigenvalue weighted by Gasteiger charge is -2.23. The molecule has 1 unspecified atom stereocenters. The Kier molecular flexibility index (Phi) is 7.48. The lowest BCUT2D eigenvalue weighted by Crippen LogP contribution is -2.45. The Hall–Kier alpha value is -1.63. The fourth-order valence-electron chi connectivity index (χ4n) is 2.50. The molecule has 1 aliphatic rings. The number of carbonyl (C=O) groups excluding carboxylic acids is 1. The number of aromatic nitrogens is 2. The molecule has 1 saturated heterocycles. The van der Waals surface area contributed by atoms with Gasteiger partial charge in [-0.1, -0.05) is 0 Å². The molecular weight excluding hydrogens is 342 g/mol. The zero-order valence-corrected chi connectivity index (χ0v) is 14.0. The van der Waals surface area contributed by atoms with Crippen LogP contribution in [-0.2, 0) is 0 Å². The van der Waals surface area contributed by atoms with Crippen molar-refractivity contribution in [2.24, 2.45) is 0 Å². The van der Waals surface area contributed by atoms with Crippen LogP contribution >= 0.6 is 24.8 Å². The number of rotatable bonds is 3. The Bertz CT molecular complexity index is 627. The summed E-state index contributed by atoms with van der Waals surface area (Å²) >= 11 is 0. The lowest BCUT2D eigenvalue weighted by molar-refractivity contribution is 0.0923. The molecule has 0 bridgehead atoms. The van der Waals surface area contributed by atoms with Crippen LogP contribution in [0.3, 0.4) is 0 Å². The van der Waals surface area contributed by atoms with Crippen LogP contribution in [0.4, 0.5) is 4.39 Å². The molecule has 2 aromatic rings. The first kappa shape index (κ1) is 19.4. The molecular formula is C15H19Cl2FN4O. The van der Waals surface area contributed by atoms with Crippen molar-refractivity contribution in [1.82, 2.24) is 20.2 Å². The summed E-state index contributed by atoms with van der Waals surface area (Å²) in [6.07, 6.45) is 5.11. The smallest absolute Gasteiger partial charge is 0.270 e. The average molecular weight is 361 g/mol. The largest absolute Gasteiger partial charge is 0.347 e. The van der Waals surface area contributed by atoms with E-state index in [9.17, 15) is 9.18 Å². The zero-order valence-electron chi connectivity index (χ0n) is 12.4. The highest BCUT2D eigenvalue weighted by atomic mass is 35.5. The van der Waals surface area contributed by atoms with Gasteiger partial charge >= 0.3 is 0 Å². The van der Waals surface area contributed by atoms with Gasteiger partial charge in [-0.2, -0.15) is 0 Å². The number of hydrogen-bond donors (Lipinski definition) is 2. The van der Waals surface area contributed by atoms with Gasteiger partial charge < -0.3 is 10.6 Å². The molecule has 1 aromatic carbocycles. The molecule has 2 heterocycles. The van der Waals surface area contributed by atoms with Crippen LogP contribution in [0.2, 0.25) is 0 Å². The van der Waals surface area contributed by atoms with E-state index in [1.165, 1.54) is 18.3 Å². The van der Waals surface area contributed by atoms with Gasteiger partial charge in [-0.3, -0.25) is 9.36 Å². The highest BCUT2D eigenvalue weighted by Crippen LogP contribution is 2.13. The lowest BCUT2D eigenvalue weighted by atomic mass is 10.1.